The van der Waals surface area contributed by atoms with Gasteiger partial charge < -0.3 is 14.6 Å². The number of halogens is 1. The van der Waals surface area contributed by atoms with Crippen LogP contribution in [0.3, 0.4) is 0 Å². The van der Waals surface area contributed by atoms with Crippen molar-refractivity contribution in [3.8, 4) is 5.75 Å². The lowest BCUT2D eigenvalue weighted by Crippen LogP contribution is -2.23. The Balaban J connectivity index is 1.74. The highest BCUT2D eigenvalue weighted by Crippen LogP contribution is 2.26. The van der Waals surface area contributed by atoms with Crippen LogP contribution in [0.15, 0.2) is 58.6 Å². The number of H-pyrrole nitrogens is 1. The zero-order valence-corrected chi connectivity index (χ0v) is 16.6. The number of benzene rings is 2. The van der Waals surface area contributed by atoms with E-state index in [4.69, 9.17) is 16.3 Å². The summed E-state index contributed by atoms with van der Waals surface area (Å²) in [6, 6.07) is 14.5. The highest BCUT2D eigenvalue weighted by Gasteiger charge is 2.08. The van der Waals surface area contributed by atoms with E-state index < -0.39 is 5.97 Å². The van der Waals surface area contributed by atoms with Crippen LogP contribution in [-0.2, 0) is 17.8 Å². The molecule has 0 aliphatic heterocycles. The number of carbonyl (C=O) groups is 1. The Morgan fingerprint density at radius 2 is 2.11 bits per heavy atom. The molecule has 0 saturated carbocycles. The van der Waals surface area contributed by atoms with Crippen molar-refractivity contribution >= 4 is 35.4 Å². The van der Waals surface area contributed by atoms with Crippen LogP contribution in [0.4, 0.5) is 0 Å². The molecule has 28 heavy (non-hydrogen) atoms. The smallest absolute Gasteiger partial charge is 0.213 e. The molecule has 1 heterocycles. The first-order valence-electron chi connectivity index (χ1n) is 8.53. The van der Waals surface area contributed by atoms with Gasteiger partial charge in [0.25, 0.3) is 0 Å². The molecule has 0 aliphatic rings. The van der Waals surface area contributed by atoms with E-state index in [1.54, 1.807) is 30.3 Å². The molecule has 0 unspecified atom stereocenters. The molecule has 0 radical (unpaired) electrons. The minimum Gasteiger partial charge on any atom is -0.544 e. The molecule has 6 nitrogen and oxygen atoms in total. The van der Waals surface area contributed by atoms with Gasteiger partial charge in [-0.3, -0.25) is 5.10 Å². The van der Waals surface area contributed by atoms with E-state index in [9.17, 15) is 9.90 Å². The average Bonchev–Trinajstić information content (AvgIpc) is 3.15. The zero-order valence-electron chi connectivity index (χ0n) is 15.0. The minimum absolute atomic E-state index is 0.00454. The number of carboxylic acids is 1. The van der Waals surface area contributed by atoms with Crippen molar-refractivity contribution in [2.75, 3.05) is 0 Å². The summed E-state index contributed by atoms with van der Waals surface area (Å²) in [6.45, 7) is 2.24. The van der Waals surface area contributed by atoms with Crippen LogP contribution >= 0.6 is 23.4 Å². The molecule has 3 rings (SSSR count). The molecule has 0 fully saturated rings. The third kappa shape index (κ3) is 5.37. The third-order valence-corrected chi connectivity index (χ3v) is 4.99. The first-order valence-corrected chi connectivity index (χ1v) is 9.73. The van der Waals surface area contributed by atoms with Gasteiger partial charge in [0.2, 0.25) is 5.16 Å². The molecule has 0 bridgehead atoms. The Morgan fingerprint density at radius 1 is 1.29 bits per heavy atom. The SMILES string of the molecule is CCc1nc(S/C(=C/c2cccc(OCc3ccccc3Cl)c2)C(=O)[O-])n[nH]1. The van der Waals surface area contributed by atoms with Gasteiger partial charge in [0.05, 0.1) is 5.97 Å². The molecule has 0 atom stereocenters. The van der Waals surface area contributed by atoms with Gasteiger partial charge in [-0.15, -0.1) is 5.10 Å². The summed E-state index contributed by atoms with van der Waals surface area (Å²) in [7, 11) is 0. The van der Waals surface area contributed by atoms with E-state index in [1.807, 2.05) is 25.1 Å². The molecule has 1 aromatic heterocycles. The number of thioether (sulfide) groups is 1. The van der Waals surface area contributed by atoms with Crippen LogP contribution in [-0.4, -0.2) is 21.2 Å². The van der Waals surface area contributed by atoms with Crippen LogP contribution in [0.2, 0.25) is 5.02 Å². The van der Waals surface area contributed by atoms with Crippen molar-refractivity contribution in [2.24, 2.45) is 0 Å². The Kier molecular flexibility index (Phi) is 6.73. The molecular formula is C20H17ClN3O3S-. The topological polar surface area (TPSA) is 90.9 Å². The fourth-order valence-electron chi connectivity index (χ4n) is 2.33. The summed E-state index contributed by atoms with van der Waals surface area (Å²) in [5.41, 5.74) is 1.53. The molecule has 0 spiro atoms. The number of aromatic nitrogens is 3. The predicted octanol–water partition coefficient (Wildman–Crippen LogP) is 3.48. The van der Waals surface area contributed by atoms with Crippen molar-refractivity contribution in [3.63, 3.8) is 0 Å². The standard InChI is InChI=1S/C20H18ClN3O3S/c1-2-18-22-20(24-23-18)28-17(19(25)26)11-13-6-5-8-15(10-13)27-12-14-7-3-4-9-16(14)21/h3-11H,2,12H2,1H3,(H,25,26)(H,22,23,24)/p-1/b17-11+. The zero-order chi connectivity index (χ0) is 19.9. The van der Waals surface area contributed by atoms with Crippen molar-refractivity contribution < 1.29 is 14.6 Å². The monoisotopic (exact) mass is 414 g/mol. The van der Waals surface area contributed by atoms with E-state index in [1.165, 1.54) is 6.08 Å². The maximum Gasteiger partial charge on any atom is 0.213 e. The number of hydrogen-bond donors (Lipinski definition) is 1. The van der Waals surface area contributed by atoms with E-state index >= 15 is 0 Å². The van der Waals surface area contributed by atoms with Crippen LogP contribution in [0.25, 0.3) is 6.08 Å². The number of ether oxygens (including phenoxy) is 1. The summed E-state index contributed by atoms with van der Waals surface area (Å²) >= 11 is 7.07. The van der Waals surface area contributed by atoms with Crippen molar-refractivity contribution in [2.45, 2.75) is 25.1 Å². The predicted molar refractivity (Wildman–Crippen MR) is 107 cm³/mol. The van der Waals surface area contributed by atoms with Crippen LogP contribution in [0.1, 0.15) is 23.9 Å². The summed E-state index contributed by atoms with van der Waals surface area (Å²) in [4.78, 5) is 15.7. The number of aryl methyl sites for hydroxylation is 1. The lowest BCUT2D eigenvalue weighted by Gasteiger charge is -2.09. The highest BCUT2D eigenvalue weighted by molar-refractivity contribution is 8.04. The Bertz CT molecular complexity index is 1000. The summed E-state index contributed by atoms with van der Waals surface area (Å²) in [5.74, 6) is -0.00654. The molecule has 0 aliphatic carbocycles. The molecule has 3 aromatic rings. The number of rotatable bonds is 8. The normalized spacial score (nSPS) is 11.4. The lowest BCUT2D eigenvalue weighted by molar-refractivity contribution is -0.297. The van der Waals surface area contributed by atoms with E-state index in [0.29, 0.717) is 40.3 Å². The second-order valence-electron chi connectivity index (χ2n) is 5.77. The van der Waals surface area contributed by atoms with Gasteiger partial charge in [0, 0.05) is 21.9 Å². The molecule has 0 amide bonds. The second kappa shape index (κ2) is 9.43. The largest absolute Gasteiger partial charge is 0.544 e. The number of nitrogens with zero attached hydrogens (tertiary/aromatic N) is 2. The van der Waals surface area contributed by atoms with Crippen molar-refractivity contribution in [1.82, 2.24) is 15.2 Å². The van der Waals surface area contributed by atoms with Crippen LogP contribution in [0.5, 0.6) is 5.75 Å². The van der Waals surface area contributed by atoms with E-state index in [0.717, 1.165) is 17.3 Å². The molecule has 1 N–H and O–H groups in total. The van der Waals surface area contributed by atoms with Gasteiger partial charge in [-0.25, -0.2) is 4.98 Å². The average molecular weight is 415 g/mol. The van der Waals surface area contributed by atoms with Gasteiger partial charge in [-0.2, -0.15) is 0 Å². The summed E-state index contributed by atoms with van der Waals surface area (Å²) < 4.78 is 5.78. The lowest BCUT2D eigenvalue weighted by atomic mass is 10.2. The fraction of sp³-hybridized carbons (Fsp3) is 0.150. The maximum absolute atomic E-state index is 11.5. The Morgan fingerprint density at radius 3 is 2.82 bits per heavy atom. The molecule has 2 aromatic carbocycles. The van der Waals surface area contributed by atoms with Crippen molar-refractivity contribution in [1.29, 1.82) is 0 Å². The fourth-order valence-corrected chi connectivity index (χ4v) is 3.24. The van der Waals surface area contributed by atoms with Crippen molar-refractivity contribution in [3.05, 3.63) is 75.4 Å². The first kappa shape index (κ1) is 20.0. The number of aliphatic carboxylic acids is 1. The quantitative estimate of drug-likeness (QED) is 0.448. The van der Waals surface area contributed by atoms with Gasteiger partial charge in [-0.05, 0) is 41.6 Å². The highest BCUT2D eigenvalue weighted by atomic mass is 35.5. The van der Waals surface area contributed by atoms with Gasteiger partial charge in [0.15, 0.2) is 0 Å². The van der Waals surface area contributed by atoms with Gasteiger partial charge >= 0.3 is 0 Å². The Labute approximate surface area is 171 Å². The third-order valence-electron chi connectivity index (χ3n) is 3.76. The molecule has 0 saturated heterocycles. The number of aromatic amines is 1. The summed E-state index contributed by atoms with van der Waals surface area (Å²) in [6.07, 6.45) is 2.19. The van der Waals surface area contributed by atoms with Gasteiger partial charge in [-0.1, -0.05) is 48.9 Å². The first-order chi connectivity index (χ1) is 13.5. The number of carbonyl (C=O) groups excluding carboxylic acids is 1. The van der Waals surface area contributed by atoms with Crippen LogP contribution < -0.4 is 9.84 Å². The molecule has 144 valence electrons. The van der Waals surface area contributed by atoms with Crippen LogP contribution in [0, 0.1) is 0 Å². The van der Waals surface area contributed by atoms with E-state index in [-0.39, 0.29) is 4.91 Å². The Hall–Kier alpha value is -2.77. The number of nitrogens with one attached hydrogen (secondary N) is 1. The minimum atomic E-state index is -1.30. The number of carboxylic acid groups (broad SMARTS) is 1. The summed E-state index contributed by atoms with van der Waals surface area (Å²) in [5, 5.41) is 19.2. The van der Waals surface area contributed by atoms with E-state index in [2.05, 4.69) is 15.2 Å². The maximum atomic E-state index is 11.5. The van der Waals surface area contributed by atoms with Gasteiger partial charge in [0.1, 0.15) is 18.2 Å². The number of hydrogen-bond acceptors (Lipinski definition) is 6. The molecule has 8 heteroatoms. The molecular weight excluding hydrogens is 398 g/mol. The second-order valence-corrected chi connectivity index (χ2v) is 7.19.